The molecule has 70 valence electrons. The van der Waals surface area contributed by atoms with Crippen LogP contribution in [0.25, 0.3) is 6.08 Å². The Labute approximate surface area is 80.5 Å². The largest absolute Gasteiger partial charge is 0.264 e. The molecule has 0 aliphatic heterocycles. The lowest BCUT2D eigenvalue weighted by Gasteiger charge is -2.03. The Bertz CT molecular complexity index is 291. The summed E-state index contributed by atoms with van der Waals surface area (Å²) in [6.07, 6.45) is 8.23. The fourth-order valence-electron chi connectivity index (χ4n) is 1.26. The monoisotopic (exact) mass is 175 g/mol. The number of aromatic nitrogens is 1. The molecular weight excluding hydrogens is 158 g/mol. The number of allylic oxidation sites excluding steroid dienone is 1. The van der Waals surface area contributed by atoms with Crippen molar-refractivity contribution in [2.75, 3.05) is 0 Å². The summed E-state index contributed by atoms with van der Waals surface area (Å²) in [5, 5.41) is 0. The van der Waals surface area contributed by atoms with Gasteiger partial charge in [0.05, 0.1) is 0 Å². The summed E-state index contributed by atoms with van der Waals surface area (Å²) in [5.41, 5.74) is 3.80. The van der Waals surface area contributed by atoms with E-state index in [-0.39, 0.29) is 0 Å². The summed E-state index contributed by atoms with van der Waals surface area (Å²) in [6, 6.07) is 0. The van der Waals surface area contributed by atoms with Crippen LogP contribution in [0.1, 0.15) is 30.5 Å². The summed E-state index contributed by atoms with van der Waals surface area (Å²) >= 11 is 0. The molecule has 0 aromatic carbocycles. The highest BCUT2D eigenvalue weighted by Gasteiger charge is 1.97. The molecule has 0 aliphatic rings. The molecular formula is C12H17N. The van der Waals surface area contributed by atoms with Gasteiger partial charge in [0.25, 0.3) is 0 Å². The number of hydrogen-bond acceptors (Lipinski definition) is 1. The third-order valence-electron chi connectivity index (χ3n) is 2.03. The van der Waals surface area contributed by atoms with E-state index < -0.39 is 0 Å². The molecule has 13 heavy (non-hydrogen) atoms. The highest BCUT2D eigenvalue weighted by Crippen LogP contribution is 2.14. The van der Waals surface area contributed by atoms with Crippen molar-refractivity contribution < 1.29 is 0 Å². The highest BCUT2D eigenvalue weighted by molar-refractivity contribution is 5.56. The van der Waals surface area contributed by atoms with Gasteiger partial charge in [0, 0.05) is 12.4 Å². The lowest BCUT2D eigenvalue weighted by molar-refractivity contribution is 0.836. The fourth-order valence-corrected chi connectivity index (χ4v) is 1.26. The van der Waals surface area contributed by atoms with E-state index in [9.17, 15) is 0 Å². The molecule has 0 amide bonds. The Kier molecular flexibility index (Phi) is 3.24. The molecule has 1 aromatic rings. The van der Waals surface area contributed by atoms with Crippen LogP contribution in [0.2, 0.25) is 0 Å². The SMILES string of the molecule is Cc1cncc(C)c1/C=C/C(C)C. The highest BCUT2D eigenvalue weighted by atomic mass is 14.6. The Balaban J connectivity index is 3.00. The number of nitrogens with zero attached hydrogens (tertiary/aromatic N) is 1. The Morgan fingerprint density at radius 1 is 1.15 bits per heavy atom. The number of aryl methyl sites for hydroxylation is 2. The molecule has 0 saturated carbocycles. The zero-order valence-corrected chi connectivity index (χ0v) is 8.83. The van der Waals surface area contributed by atoms with Crippen LogP contribution in [0.15, 0.2) is 18.5 Å². The first-order valence-corrected chi connectivity index (χ1v) is 4.70. The average molecular weight is 175 g/mol. The molecule has 0 radical (unpaired) electrons. The number of rotatable bonds is 2. The minimum absolute atomic E-state index is 0.604. The van der Waals surface area contributed by atoms with E-state index in [0.29, 0.717) is 5.92 Å². The van der Waals surface area contributed by atoms with E-state index in [4.69, 9.17) is 0 Å². The van der Waals surface area contributed by atoms with Crippen LogP contribution >= 0.6 is 0 Å². The predicted octanol–water partition coefficient (Wildman–Crippen LogP) is 3.37. The van der Waals surface area contributed by atoms with Crippen molar-refractivity contribution in [1.29, 1.82) is 0 Å². The first kappa shape index (κ1) is 9.97. The zero-order chi connectivity index (χ0) is 9.84. The molecule has 0 spiro atoms. The topological polar surface area (TPSA) is 12.9 Å². The molecule has 1 rings (SSSR count). The van der Waals surface area contributed by atoms with Gasteiger partial charge in [-0.2, -0.15) is 0 Å². The third kappa shape index (κ3) is 2.69. The van der Waals surface area contributed by atoms with E-state index in [1.165, 1.54) is 16.7 Å². The molecule has 1 heterocycles. The fraction of sp³-hybridized carbons (Fsp3) is 0.417. The zero-order valence-electron chi connectivity index (χ0n) is 8.83. The second-order valence-corrected chi connectivity index (χ2v) is 3.79. The first-order chi connectivity index (χ1) is 6.11. The van der Waals surface area contributed by atoms with Crippen molar-refractivity contribution in [3.8, 4) is 0 Å². The maximum Gasteiger partial charge on any atom is 0.0303 e. The van der Waals surface area contributed by atoms with Crippen molar-refractivity contribution in [2.45, 2.75) is 27.7 Å². The molecule has 0 bridgehead atoms. The van der Waals surface area contributed by atoms with Crippen molar-refractivity contribution >= 4 is 6.08 Å². The molecule has 1 heteroatoms. The summed E-state index contributed by atoms with van der Waals surface area (Å²) in [6.45, 7) is 8.56. The van der Waals surface area contributed by atoms with Crippen LogP contribution in [-0.4, -0.2) is 4.98 Å². The average Bonchev–Trinajstić information content (AvgIpc) is 2.03. The minimum Gasteiger partial charge on any atom is -0.264 e. The van der Waals surface area contributed by atoms with Gasteiger partial charge in [0.1, 0.15) is 0 Å². The van der Waals surface area contributed by atoms with Crippen LogP contribution in [0.4, 0.5) is 0 Å². The smallest absolute Gasteiger partial charge is 0.0303 e. The van der Waals surface area contributed by atoms with Crippen molar-refractivity contribution in [1.82, 2.24) is 4.98 Å². The van der Waals surface area contributed by atoms with E-state index in [2.05, 4.69) is 44.8 Å². The van der Waals surface area contributed by atoms with Gasteiger partial charge in [-0.1, -0.05) is 26.0 Å². The van der Waals surface area contributed by atoms with Crippen molar-refractivity contribution in [2.24, 2.45) is 5.92 Å². The predicted molar refractivity (Wildman–Crippen MR) is 57.6 cm³/mol. The third-order valence-corrected chi connectivity index (χ3v) is 2.03. The van der Waals surface area contributed by atoms with E-state index in [0.717, 1.165) is 0 Å². The van der Waals surface area contributed by atoms with Crippen LogP contribution < -0.4 is 0 Å². The van der Waals surface area contributed by atoms with Crippen molar-refractivity contribution in [3.63, 3.8) is 0 Å². The van der Waals surface area contributed by atoms with Gasteiger partial charge in [-0.15, -0.1) is 0 Å². The van der Waals surface area contributed by atoms with Gasteiger partial charge in [-0.05, 0) is 36.5 Å². The number of pyridine rings is 1. The number of hydrogen-bond donors (Lipinski definition) is 0. The van der Waals surface area contributed by atoms with Gasteiger partial charge >= 0.3 is 0 Å². The summed E-state index contributed by atoms with van der Waals surface area (Å²) in [5.74, 6) is 0.604. The van der Waals surface area contributed by atoms with E-state index in [1.807, 2.05) is 12.4 Å². The molecule has 1 nitrogen and oxygen atoms in total. The van der Waals surface area contributed by atoms with Gasteiger partial charge in [-0.25, -0.2) is 0 Å². The second kappa shape index (κ2) is 4.22. The maximum atomic E-state index is 4.14. The van der Waals surface area contributed by atoms with Crippen LogP contribution in [-0.2, 0) is 0 Å². The van der Waals surface area contributed by atoms with E-state index in [1.54, 1.807) is 0 Å². The van der Waals surface area contributed by atoms with Crippen LogP contribution in [0.3, 0.4) is 0 Å². The van der Waals surface area contributed by atoms with E-state index >= 15 is 0 Å². The van der Waals surface area contributed by atoms with Crippen LogP contribution in [0.5, 0.6) is 0 Å². The summed E-state index contributed by atoms with van der Waals surface area (Å²) in [4.78, 5) is 4.14. The Morgan fingerprint density at radius 2 is 1.69 bits per heavy atom. The van der Waals surface area contributed by atoms with Crippen LogP contribution in [0, 0.1) is 19.8 Å². The maximum absolute atomic E-state index is 4.14. The summed E-state index contributed by atoms with van der Waals surface area (Å²) in [7, 11) is 0. The summed E-state index contributed by atoms with van der Waals surface area (Å²) < 4.78 is 0. The molecule has 0 aliphatic carbocycles. The lowest BCUT2D eigenvalue weighted by atomic mass is 10.0. The normalized spacial score (nSPS) is 11.5. The minimum atomic E-state index is 0.604. The first-order valence-electron chi connectivity index (χ1n) is 4.70. The molecule has 1 aromatic heterocycles. The Hall–Kier alpha value is -1.11. The molecule has 0 N–H and O–H groups in total. The molecule has 0 saturated heterocycles. The lowest BCUT2D eigenvalue weighted by Crippen LogP contribution is -1.88. The molecule has 0 atom stereocenters. The van der Waals surface area contributed by atoms with Gasteiger partial charge in [0.15, 0.2) is 0 Å². The Morgan fingerprint density at radius 3 is 2.15 bits per heavy atom. The molecule has 0 fully saturated rings. The van der Waals surface area contributed by atoms with Gasteiger partial charge < -0.3 is 0 Å². The molecule has 0 unspecified atom stereocenters. The second-order valence-electron chi connectivity index (χ2n) is 3.79. The van der Waals surface area contributed by atoms with Gasteiger partial charge in [-0.3, -0.25) is 4.98 Å². The standard InChI is InChI=1S/C12H17N/c1-9(2)5-6-12-10(3)7-13-8-11(12)4/h5-9H,1-4H3/b6-5+. The quantitative estimate of drug-likeness (QED) is 0.671. The van der Waals surface area contributed by atoms with Gasteiger partial charge in [0.2, 0.25) is 0 Å². The van der Waals surface area contributed by atoms with Crippen molar-refractivity contribution in [3.05, 3.63) is 35.2 Å².